The molecule has 2 aliphatic rings. The number of hydrogen-bond donors (Lipinski definition) is 1. The van der Waals surface area contributed by atoms with Gasteiger partial charge in [-0.1, -0.05) is 13.0 Å². The fourth-order valence-electron chi connectivity index (χ4n) is 3.39. The Bertz CT molecular complexity index is 366. The van der Waals surface area contributed by atoms with Crippen molar-refractivity contribution in [3.63, 3.8) is 0 Å². The van der Waals surface area contributed by atoms with E-state index in [-0.39, 0.29) is 0 Å². The zero-order valence-electron chi connectivity index (χ0n) is 12.0. The molecule has 19 heavy (non-hydrogen) atoms. The second-order valence-corrected chi connectivity index (χ2v) is 7.06. The Morgan fingerprint density at radius 3 is 2.89 bits per heavy atom. The number of nitrogens with one attached hydrogen (secondary N) is 1. The molecule has 1 saturated carbocycles. The van der Waals surface area contributed by atoms with E-state index < -0.39 is 0 Å². The first-order valence-electron chi connectivity index (χ1n) is 7.88. The molecule has 2 fully saturated rings. The van der Waals surface area contributed by atoms with E-state index in [1.54, 1.807) is 4.88 Å². The van der Waals surface area contributed by atoms with Gasteiger partial charge < -0.3 is 5.32 Å². The molecule has 1 aliphatic carbocycles. The van der Waals surface area contributed by atoms with E-state index in [4.69, 9.17) is 0 Å². The van der Waals surface area contributed by atoms with Gasteiger partial charge in [-0.25, -0.2) is 0 Å². The Kier molecular flexibility index (Phi) is 4.57. The minimum Gasteiger partial charge on any atom is -0.316 e. The standard InChI is InChI=1S/C16H26N2S/c1-2-15(16-6-4-10-19-16)18(14-7-8-14)12-13-5-3-9-17-11-13/h4,6,10,13-15,17H,2-3,5,7-9,11-12H2,1H3. The lowest BCUT2D eigenvalue weighted by Gasteiger charge is -2.35. The van der Waals surface area contributed by atoms with Crippen LogP contribution < -0.4 is 5.32 Å². The third-order valence-electron chi connectivity index (χ3n) is 4.54. The third-order valence-corrected chi connectivity index (χ3v) is 5.52. The van der Waals surface area contributed by atoms with Crippen LogP contribution in [0.1, 0.15) is 49.9 Å². The maximum absolute atomic E-state index is 3.57. The summed E-state index contributed by atoms with van der Waals surface area (Å²) in [6.45, 7) is 6.10. The van der Waals surface area contributed by atoms with Gasteiger partial charge in [0.05, 0.1) is 0 Å². The van der Waals surface area contributed by atoms with Crippen molar-refractivity contribution in [3.8, 4) is 0 Å². The number of thiophene rings is 1. The van der Waals surface area contributed by atoms with Gasteiger partial charge in [0, 0.05) is 23.5 Å². The van der Waals surface area contributed by atoms with Crippen molar-refractivity contribution in [2.75, 3.05) is 19.6 Å². The molecule has 2 heterocycles. The van der Waals surface area contributed by atoms with Crippen LogP contribution in [-0.4, -0.2) is 30.6 Å². The van der Waals surface area contributed by atoms with Crippen LogP contribution in [-0.2, 0) is 0 Å². The molecule has 3 heteroatoms. The summed E-state index contributed by atoms with van der Waals surface area (Å²) in [5.74, 6) is 0.864. The van der Waals surface area contributed by atoms with Crippen molar-refractivity contribution in [2.24, 2.45) is 5.92 Å². The van der Waals surface area contributed by atoms with Crippen LogP contribution in [0.25, 0.3) is 0 Å². The van der Waals surface area contributed by atoms with Crippen molar-refractivity contribution in [2.45, 2.75) is 51.1 Å². The molecule has 0 aromatic carbocycles. The summed E-state index contributed by atoms with van der Waals surface area (Å²) >= 11 is 1.93. The van der Waals surface area contributed by atoms with E-state index in [0.717, 1.165) is 12.0 Å². The number of piperidine rings is 1. The first-order valence-corrected chi connectivity index (χ1v) is 8.76. The lowest BCUT2D eigenvalue weighted by atomic mass is 9.97. The Hall–Kier alpha value is -0.380. The maximum Gasteiger partial charge on any atom is 0.0441 e. The Morgan fingerprint density at radius 1 is 1.42 bits per heavy atom. The third kappa shape index (κ3) is 3.39. The van der Waals surface area contributed by atoms with Gasteiger partial charge in [0.2, 0.25) is 0 Å². The van der Waals surface area contributed by atoms with Crippen molar-refractivity contribution < 1.29 is 0 Å². The van der Waals surface area contributed by atoms with Crippen molar-refractivity contribution in [3.05, 3.63) is 22.4 Å². The second kappa shape index (κ2) is 6.38. The molecule has 2 nitrogen and oxygen atoms in total. The first-order chi connectivity index (χ1) is 9.38. The number of hydrogen-bond acceptors (Lipinski definition) is 3. The molecule has 1 saturated heterocycles. The highest BCUT2D eigenvalue weighted by molar-refractivity contribution is 7.10. The molecule has 1 aromatic rings. The maximum atomic E-state index is 3.57. The van der Waals surface area contributed by atoms with Crippen LogP contribution >= 0.6 is 11.3 Å². The highest BCUT2D eigenvalue weighted by atomic mass is 32.1. The average molecular weight is 278 g/mol. The van der Waals surface area contributed by atoms with Gasteiger partial charge in [0.25, 0.3) is 0 Å². The fourth-order valence-corrected chi connectivity index (χ4v) is 4.33. The average Bonchev–Trinajstić information content (AvgIpc) is 3.16. The monoisotopic (exact) mass is 278 g/mol. The van der Waals surface area contributed by atoms with Crippen LogP contribution in [0.15, 0.2) is 17.5 Å². The molecule has 1 aliphatic heterocycles. The van der Waals surface area contributed by atoms with Gasteiger partial charge in [-0.15, -0.1) is 11.3 Å². The molecule has 1 N–H and O–H groups in total. The van der Waals surface area contributed by atoms with Crippen molar-refractivity contribution in [1.82, 2.24) is 10.2 Å². The van der Waals surface area contributed by atoms with Gasteiger partial charge in [-0.2, -0.15) is 0 Å². The minimum absolute atomic E-state index is 0.662. The molecule has 2 atom stereocenters. The normalized spacial score (nSPS) is 25.7. The minimum atomic E-state index is 0.662. The Morgan fingerprint density at radius 2 is 2.32 bits per heavy atom. The molecule has 106 valence electrons. The zero-order chi connectivity index (χ0) is 13.1. The lowest BCUT2D eigenvalue weighted by Crippen LogP contribution is -2.40. The second-order valence-electron chi connectivity index (χ2n) is 6.08. The topological polar surface area (TPSA) is 15.3 Å². The zero-order valence-corrected chi connectivity index (χ0v) is 12.8. The van der Waals surface area contributed by atoms with E-state index in [2.05, 4.69) is 34.7 Å². The van der Waals surface area contributed by atoms with E-state index >= 15 is 0 Å². The largest absolute Gasteiger partial charge is 0.316 e. The van der Waals surface area contributed by atoms with Crippen LogP contribution in [0.4, 0.5) is 0 Å². The van der Waals surface area contributed by atoms with Crippen LogP contribution in [0.5, 0.6) is 0 Å². The summed E-state index contributed by atoms with van der Waals surface area (Å²) in [5.41, 5.74) is 0. The predicted molar refractivity (Wildman–Crippen MR) is 82.7 cm³/mol. The number of nitrogens with zero attached hydrogens (tertiary/aromatic N) is 1. The van der Waals surface area contributed by atoms with Gasteiger partial charge >= 0.3 is 0 Å². The Balaban J connectivity index is 1.68. The first kappa shape index (κ1) is 13.6. The van der Waals surface area contributed by atoms with E-state index in [9.17, 15) is 0 Å². The van der Waals surface area contributed by atoms with E-state index in [1.165, 1.54) is 51.7 Å². The van der Waals surface area contributed by atoms with Crippen LogP contribution in [0, 0.1) is 5.92 Å². The smallest absolute Gasteiger partial charge is 0.0441 e. The molecule has 0 radical (unpaired) electrons. The molecule has 1 aromatic heterocycles. The Labute approximate surface area is 121 Å². The summed E-state index contributed by atoms with van der Waals surface area (Å²) in [4.78, 5) is 4.39. The number of rotatable bonds is 6. The molecule has 0 bridgehead atoms. The van der Waals surface area contributed by atoms with Crippen LogP contribution in [0.3, 0.4) is 0 Å². The highest BCUT2D eigenvalue weighted by Crippen LogP contribution is 2.38. The molecular weight excluding hydrogens is 252 g/mol. The summed E-state index contributed by atoms with van der Waals surface area (Å²) in [6, 6.07) is 6.06. The SMILES string of the molecule is CCC(c1cccs1)N(CC1CCCNC1)C1CC1. The highest BCUT2D eigenvalue weighted by Gasteiger charge is 2.35. The van der Waals surface area contributed by atoms with Gasteiger partial charge in [0.1, 0.15) is 0 Å². The van der Waals surface area contributed by atoms with E-state index in [1.807, 2.05) is 11.3 Å². The lowest BCUT2D eigenvalue weighted by molar-refractivity contribution is 0.143. The summed E-state index contributed by atoms with van der Waals surface area (Å²) in [5, 5.41) is 5.79. The fraction of sp³-hybridized carbons (Fsp3) is 0.750. The van der Waals surface area contributed by atoms with Crippen molar-refractivity contribution in [1.29, 1.82) is 0 Å². The predicted octanol–water partition coefficient (Wildman–Crippen LogP) is 3.66. The molecular formula is C16H26N2S. The summed E-state index contributed by atoms with van der Waals surface area (Å²) < 4.78 is 0. The van der Waals surface area contributed by atoms with Crippen LogP contribution in [0.2, 0.25) is 0 Å². The van der Waals surface area contributed by atoms with Crippen molar-refractivity contribution >= 4 is 11.3 Å². The molecule has 0 amide bonds. The van der Waals surface area contributed by atoms with Gasteiger partial charge in [-0.05, 0) is 62.6 Å². The van der Waals surface area contributed by atoms with E-state index in [0.29, 0.717) is 6.04 Å². The van der Waals surface area contributed by atoms with Gasteiger partial charge in [-0.3, -0.25) is 4.90 Å². The quantitative estimate of drug-likeness (QED) is 0.854. The summed E-state index contributed by atoms with van der Waals surface area (Å²) in [7, 11) is 0. The van der Waals surface area contributed by atoms with Gasteiger partial charge in [0.15, 0.2) is 0 Å². The summed E-state index contributed by atoms with van der Waals surface area (Å²) in [6.07, 6.45) is 6.86. The molecule has 0 spiro atoms. The molecule has 3 rings (SSSR count). The molecule has 2 unspecified atom stereocenters.